The summed E-state index contributed by atoms with van der Waals surface area (Å²) < 4.78 is 22.9. The number of hydrogen-bond donors (Lipinski definition) is 0. The molecule has 0 heterocycles. The van der Waals surface area contributed by atoms with E-state index in [0.29, 0.717) is 5.75 Å². The lowest BCUT2D eigenvalue weighted by molar-refractivity contribution is -0.111. The maximum absolute atomic E-state index is 12.3. The normalized spacial score (nSPS) is 14.9. The van der Waals surface area contributed by atoms with E-state index in [1.54, 1.807) is 6.26 Å². The monoisotopic (exact) mass is 318 g/mol. The molecule has 6 heteroatoms. The Kier molecular flexibility index (Phi) is 5.95. The topological polar surface area (TPSA) is 51.2 Å². The Balaban J connectivity index is 3.22. The van der Waals surface area contributed by atoms with Crippen LogP contribution in [0.2, 0.25) is 0 Å². The second kappa shape index (κ2) is 6.81. The Bertz CT molecular complexity index is 525. The molecule has 0 aliphatic carbocycles. The fraction of sp³-hybridized carbons (Fsp3) is 0.462. The van der Waals surface area contributed by atoms with Gasteiger partial charge in [0.05, 0.1) is 0 Å². The number of benzene rings is 1. The van der Waals surface area contributed by atoms with Crippen molar-refractivity contribution in [3.8, 4) is 0 Å². The first-order chi connectivity index (χ1) is 8.87. The predicted octanol–water partition coefficient (Wildman–Crippen LogP) is 2.61. The van der Waals surface area contributed by atoms with Crippen molar-refractivity contribution in [1.29, 1.82) is 0 Å². The molecule has 19 heavy (non-hydrogen) atoms. The van der Waals surface area contributed by atoms with E-state index in [1.165, 1.54) is 0 Å². The Morgan fingerprint density at radius 3 is 2.26 bits per heavy atom. The number of thioether (sulfide) groups is 2. The summed E-state index contributed by atoms with van der Waals surface area (Å²) in [5.41, 5.74) is 0.854. The highest BCUT2D eigenvalue weighted by Crippen LogP contribution is 2.37. The van der Waals surface area contributed by atoms with Crippen LogP contribution in [0.3, 0.4) is 0 Å². The van der Waals surface area contributed by atoms with Crippen LogP contribution in [-0.4, -0.2) is 35.9 Å². The molecule has 106 valence electrons. The number of rotatable bonds is 6. The summed E-state index contributed by atoms with van der Waals surface area (Å²) in [6, 6.07) is 9.26. The summed E-state index contributed by atoms with van der Waals surface area (Å²) in [4.78, 5) is 12.3. The Hall–Kier alpha value is -0.460. The van der Waals surface area contributed by atoms with Crippen molar-refractivity contribution in [2.24, 2.45) is 0 Å². The zero-order chi connectivity index (χ0) is 14.5. The largest absolute Gasteiger partial charge is 0.284 e. The predicted molar refractivity (Wildman–Crippen MR) is 84.4 cm³/mol. The van der Waals surface area contributed by atoms with Gasteiger partial charge in [-0.15, -0.1) is 11.8 Å². The zero-order valence-electron chi connectivity index (χ0n) is 11.3. The molecule has 0 radical (unpaired) electrons. The molecule has 0 amide bonds. The van der Waals surface area contributed by atoms with Crippen molar-refractivity contribution in [3.05, 3.63) is 35.9 Å². The van der Waals surface area contributed by atoms with Crippen molar-refractivity contribution in [2.45, 2.75) is 17.4 Å². The van der Waals surface area contributed by atoms with E-state index in [0.717, 1.165) is 35.3 Å². The molecule has 0 bridgehead atoms. The van der Waals surface area contributed by atoms with Crippen molar-refractivity contribution in [3.63, 3.8) is 0 Å². The summed E-state index contributed by atoms with van der Waals surface area (Å²) in [6.45, 7) is 1.85. The third-order valence-electron chi connectivity index (χ3n) is 2.79. The maximum Gasteiger partial charge on any atom is 0.220 e. The minimum Gasteiger partial charge on any atom is -0.284 e. The van der Waals surface area contributed by atoms with E-state index >= 15 is 0 Å². The average molecular weight is 318 g/mol. The van der Waals surface area contributed by atoms with Crippen LogP contribution in [0.4, 0.5) is 0 Å². The Morgan fingerprint density at radius 2 is 1.84 bits per heavy atom. The van der Waals surface area contributed by atoms with Crippen LogP contribution in [0, 0.1) is 0 Å². The second-order valence-corrected chi connectivity index (χ2v) is 8.95. The van der Waals surface area contributed by atoms with Gasteiger partial charge in [-0.05, 0) is 17.6 Å². The van der Waals surface area contributed by atoms with E-state index in [2.05, 4.69) is 0 Å². The number of sulfone groups is 1. The highest BCUT2D eigenvalue weighted by atomic mass is 32.3. The lowest BCUT2D eigenvalue weighted by atomic mass is 10.1. The quantitative estimate of drug-likeness (QED) is 0.807. The molecule has 0 aliphatic heterocycles. The van der Waals surface area contributed by atoms with E-state index in [-0.39, 0.29) is 11.5 Å². The SMILES string of the molecule is CCSC(=O)C(Cc1ccccc1)(SC)S(C)(=O)=O. The van der Waals surface area contributed by atoms with Crippen LogP contribution >= 0.6 is 23.5 Å². The van der Waals surface area contributed by atoms with E-state index in [1.807, 2.05) is 37.3 Å². The van der Waals surface area contributed by atoms with Crippen LogP contribution in [0.25, 0.3) is 0 Å². The summed E-state index contributed by atoms with van der Waals surface area (Å²) in [7, 11) is -3.50. The van der Waals surface area contributed by atoms with Gasteiger partial charge in [0.15, 0.2) is 13.9 Å². The molecule has 1 atom stereocenters. The number of hydrogen-bond acceptors (Lipinski definition) is 5. The van der Waals surface area contributed by atoms with E-state index < -0.39 is 13.9 Å². The van der Waals surface area contributed by atoms with Gasteiger partial charge in [0, 0.05) is 12.7 Å². The molecule has 0 spiro atoms. The molecule has 1 unspecified atom stereocenters. The van der Waals surface area contributed by atoms with Gasteiger partial charge in [0.1, 0.15) is 0 Å². The molecule has 0 fully saturated rings. The van der Waals surface area contributed by atoms with Gasteiger partial charge in [-0.1, -0.05) is 49.0 Å². The van der Waals surface area contributed by atoms with Gasteiger partial charge in [-0.2, -0.15) is 0 Å². The molecule has 0 aliphatic rings. The first-order valence-corrected chi connectivity index (χ1v) is 9.93. The van der Waals surface area contributed by atoms with Gasteiger partial charge in [0.25, 0.3) is 0 Å². The third-order valence-corrected chi connectivity index (χ3v) is 7.88. The highest BCUT2D eigenvalue weighted by molar-refractivity contribution is 8.22. The highest BCUT2D eigenvalue weighted by Gasteiger charge is 2.47. The first kappa shape index (κ1) is 16.6. The van der Waals surface area contributed by atoms with Crippen LogP contribution in [0.15, 0.2) is 30.3 Å². The van der Waals surface area contributed by atoms with Crippen molar-refractivity contribution < 1.29 is 13.2 Å². The zero-order valence-corrected chi connectivity index (χ0v) is 13.7. The minimum atomic E-state index is -3.50. The lowest BCUT2D eigenvalue weighted by Crippen LogP contribution is -2.43. The van der Waals surface area contributed by atoms with Gasteiger partial charge in [0.2, 0.25) is 5.12 Å². The molecule has 0 saturated heterocycles. The molecule has 0 aromatic heterocycles. The van der Waals surface area contributed by atoms with Gasteiger partial charge < -0.3 is 0 Å². The lowest BCUT2D eigenvalue weighted by Gasteiger charge is -2.28. The van der Waals surface area contributed by atoms with Crippen molar-refractivity contribution >= 4 is 38.5 Å². The molecule has 1 aromatic carbocycles. The Labute approximate surface area is 123 Å². The summed E-state index contributed by atoms with van der Waals surface area (Å²) in [5.74, 6) is 0.575. The van der Waals surface area contributed by atoms with Crippen LogP contribution < -0.4 is 0 Å². The molecular formula is C13H18O3S3. The Morgan fingerprint density at radius 1 is 1.26 bits per heavy atom. The van der Waals surface area contributed by atoms with Gasteiger partial charge in [-0.25, -0.2) is 8.42 Å². The first-order valence-electron chi connectivity index (χ1n) is 5.83. The summed E-state index contributed by atoms with van der Waals surface area (Å²) >= 11 is 2.18. The summed E-state index contributed by atoms with van der Waals surface area (Å²) in [5, 5.41) is -0.283. The second-order valence-electron chi connectivity index (χ2n) is 4.11. The van der Waals surface area contributed by atoms with Gasteiger partial charge in [-0.3, -0.25) is 4.79 Å². The molecule has 1 rings (SSSR count). The standard InChI is InChI=1S/C13H18O3S3/c1-4-18-12(14)13(17-2,19(3,15)16)10-11-8-6-5-7-9-11/h5-9H,4,10H2,1-3H3. The van der Waals surface area contributed by atoms with E-state index in [9.17, 15) is 13.2 Å². The van der Waals surface area contributed by atoms with Crippen molar-refractivity contribution in [2.75, 3.05) is 18.3 Å². The smallest absolute Gasteiger partial charge is 0.220 e. The van der Waals surface area contributed by atoms with Crippen molar-refractivity contribution in [1.82, 2.24) is 0 Å². The molecule has 1 aromatic rings. The fourth-order valence-corrected chi connectivity index (χ4v) is 5.80. The van der Waals surface area contributed by atoms with Crippen LogP contribution in [-0.2, 0) is 21.1 Å². The number of carbonyl (C=O) groups is 1. The third kappa shape index (κ3) is 3.77. The van der Waals surface area contributed by atoms with Gasteiger partial charge >= 0.3 is 0 Å². The van der Waals surface area contributed by atoms with E-state index in [4.69, 9.17) is 0 Å². The molecule has 3 nitrogen and oxygen atoms in total. The van der Waals surface area contributed by atoms with Crippen LogP contribution in [0.5, 0.6) is 0 Å². The maximum atomic E-state index is 12.3. The molecule has 0 saturated carbocycles. The molecule has 0 N–H and O–H groups in total. The fourth-order valence-electron chi connectivity index (χ4n) is 1.77. The summed E-state index contributed by atoms with van der Waals surface area (Å²) in [6.07, 6.45) is 3.03. The van der Waals surface area contributed by atoms with Crippen LogP contribution in [0.1, 0.15) is 12.5 Å². The average Bonchev–Trinajstić information content (AvgIpc) is 2.36. The number of carbonyl (C=O) groups excluding carboxylic acids is 1. The minimum absolute atomic E-state index is 0.208. The molecular weight excluding hydrogens is 300 g/mol.